The Morgan fingerprint density at radius 3 is 2.47 bits per heavy atom. The third-order valence-electron chi connectivity index (χ3n) is 3.68. The summed E-state index contributed by atoms with van der Waals surface area (Å²) in [4.78, 5) is 11.0. The van der Waals surface area contributed by atoms with Crippen molar-refractivity contribution in [2.24, 2.45) is 11.3 Å². The molecular formula is C15H21NO. The second-order valence-corrected chi connectivity index (χ2v) is 6.14. The molecule has 1 unspecified atom stereocenters. The average Bonchev–Trinajstić information content (AvgIpc) is 2.58. The van der Waals surface area contributed by atoms with E-state index in [-0.39, 0.29) is 5.91 Å². The summed E-state index contributed by atoms with van der Waals surface area (Å²) in [6.45, 7) is 8.46. The van der Waals surface area contributed by atoms with Crippen LogP contribution in [-0.2, 0) is 17.6 Å². The Hall–Kier alpha value is -1.31. The van der Waals surface area contributed by atoms with E-state index in [0.717, 1.165) is 12.1 Å². The Balaban J connectivity index is 2.19. The van der Waals surface area contributed by atoms with Crippen LogP contribution in [0, 0.1) is 11.3 Å². The summed E-state index contributed by atoms with van der Waals surface area (Å²) in [7, 11) is 0. The number of hydrogen-bond donors (Lipinski definition) is 1. The van der Waals surface area contributed by atoms with E-state index in [0.29, 0.717) is 11.3 Å². The Kier molecular flexibility index (Phi) is 2.98. The highest BCUT2D eigenvalue weighted by molar-refractivity contribution is 5.88. The normalized spacial score (nSPS) is 18.9. The van der Waals surface area contributed by atoms with E-state index in [2.05, 4.69) is 38.2 Å². The molecule has 0 saturated heterocycles. The molecule has 92 valence electrons. The largest absolute Gasteiger partial charge is 0.326 e. The third kappa shape index (κ3) is 2.68. The molecule has 1 aliphatic rings. The number of carbonyl (C=O) groups excluding carboxylic acids is 1. The minimum Gasteiger partial charge on any atom is -0.326 e. The molecule has 1 aromatic rings. The van der Waals surface area contributed by atoms with Gasteiger partial charge in [0.05, 0.1) is 0 Å². The second-order valence-electron chi connectivity index (χ2n) is 6.14. The van der Waals surface area contributed by atoms with Crippen LogP contribution in [0.15, 0.2) is 18.2 Å². The van der Waals surface area contributed by atoms with E-state index in [9.17, 15) is 4.79 Å². The summed E-state index contributed by atoms with van der Waals surface area (Å²) in [6, 6.07) is 6.29. The molecule has 0 saturated carbocycles. The van der Waals surface area contributed by atoms with Crippen LogP contribution in [-0.4, -0.2) is 5.91 Å². The lowest BCUT2D eigenvalue weighted by molar-refractivity contribution is -0.114. The molecule has 2 heteroatoms. The van der Waals surface area contributed by atoms with Crippen LogP contribution in [0.1, 0.15) is 38.8 Å². The van der Waals surface area contributed by atoms with Gasteiger partial charge in [-0.15, -0.1) is 0 Å². The van der Waals surface area contributed by atoms with E-state index in [1.807, 2.05) is 6.07 Å². The first-order chi connectivity index (χ1) is 7.86. The summed E-state index contributed by atoms with van der Waals surface area (Å²) in [5.74, 6) is 0.709. The minimum absolute atomic E-state index is 0.00433. The molecule has 0 fully saturated rings. The summed E-state index contributed by atoms with van der Waals surface area (Å²) in [6.07, 6.45) is 2.30. The van der Waals surface area contributed by atoms with Gasteiger partial charge in [0, 0.05) is 12.6 Å². The summed E-state index contributed by atoms with van der Waals surface area (Å²) in [5, 5.41) is 2.85. The van der Waals surface area contributed by atoms with Crippen molar-refractivity contribution in [3.63, 3.8) is 0 Å². The molecule has 1 atom stereocenters. The van der Waals surface area contributed by atoms with Crippen molar-refractivity contribution in [1.29, 1.82) is 0 Å². The van der Waals surface area contributed by atoms with Crippen molar-refractivity contribution in [1.82, 2.24) is 0 Å². The highest BCUT2D eigenvalue weighted by Crippen LogP contribution is 2.39. The number of fused-ring (bicyclic) bond motifs is 1. The van der Waals surface area contributed by atoms with Crippen LogP contribution in [0.4, 0.5) is 5.69 Å². The highest BCUT2D eigenvalue weighted by atomic mass is 16.1. The quantitative estimate of drug-likeness (QED) is 0.788. The molecular weight excluding hydrogens is 210 g/mol. The van der Waals surface area contributed by atoms with Gasteiger partial charge < -0.3 is 5.32 Å². The average molecular weight is 231 g/mol. The standard InChI is InChI=1S/C15H21NO/c1-10(17)16-14-6-5-11-7-13(15(2,3)4)8-12(11)9-14/h5-6,9,13H,7-8H2,1-4H3,(H,16,17). The van der Waals surface area contributed by atoms with Crippen LogP contribution < -0.4 is 5.32 Å². The Labute approximate surface area is 103 Å². The predicted octanol–water partition coefficient (Wildman–Crippen LogP) is 3.41. The number of amides is 1. The van der Waals surface area contributed by atoms with Gasteiger partial charge in [-0.3, -0.25) is 4.79 Å². The fraction of sp³-hybridized carbons (Fsp3) is 0.533. The van der Waals surface area contributed by atoms with Crippen molar-refractivity contribution < 1.29 is 4.79 Å². The van der Waals surface area contributed by atoms with Gasteiger partial charge in [-0.05, 0) is 47.4 Å². The van der Waals surface area contributed by atoms with Gasteiger partial charge in [-0.2, -0.15) is 0 Å². The monoisotopic (exact) mass is 231 g/mol. The SMILES string of the molecule is CC(=O)Nc1ccc2c(c1)CC(C(C)(C)C)C2. The number of hydrogen-bond acceptors (Lipinski definition) is 1. The zero-order valence-electron chi connectivity index (χ0n) is 11.1. The topological polar surface area (TPSA) is 29.1 Å². The fourth-order valence-electron chi connectivity index (χ4n) is 2.51. The molecule has 0 aliphatic heterocycles. The van der Waals surface area contributed by atoms with E-state index < -0.39 is 0 Å². The van der Waals surface area contributed by atoms with Crippen LogP contribution in [0.5, 0.6) is 0 Å². The molecule has 1 amide bonds. The molecule has 0 bridgehead atoms. The minimum atomic E-state index is -0.00433. The Bertz CT molecular complexity index is 443. The van der Waals surface area contributed by atoms with Gasteiger partial charge >= 0.3 is 0 Å². The second kappa shape index (κ2) is 4.17. The lowest BCUT2D eigenvalue weighted by Gasteiger charge is -2.26. The highest BCUT2D eigenvalue weighted by Gasteiger charge is 2.30. The molecule has 0 radical (unpaired) electrons. The fourth-order valence-corrected chi connectivity index (χ4v) is 2.51. The van der Waals surface area contributed by atoms with E-state index in [1.165, 1.54) is 17.5 Å². The zero-order valence-corrected chi connectivity index (χ0v) is 11.1. The maximum absolute atomic E-state index is 11.0. The lowest BCUT2D eigenvalue weighted by Crippen LogP contribution is -2.20. The van der Waals surface area contributed by atoms with Gasteiger partial charge in [0.1, 0.15) is 0 Å². The van der Waals surface area contributed by atoms with Crippen molar-refractivity contribution >= 4 is 11.6 Å². The molecule has 2 rings (SSSR count). The summed E-state index contributed by atoms with van der Waals surface area (Å²) in [5.41, 5.74) is 4.12. The van der Waals surface area contributed by atoms with Crippen molar-refractivity contribution in [3.05, 3.63) is 29.3 Å². The maximum atomic E-state index is 11.0. The van der Waals surface area contributed by atoms with E-state index >= 15 is 0 Å². The van der Waals surface area contributed by atoms with Gasteiger partial charge in [0.15, 0.2) is 0 Å². The van der Waals surface area contributed by atoms with Crippen molar-refractivity contribution in [3.8, 4) is 0 Å². The van der Waals surface area contributed by atoms with Crippen LogP contribution >= 0.6 is 0 Å². The van der Waals surface area contributed by atoms with Gasteiger partial charge in [0.2, 0.25) is 5.91 Å². The number of rotatable bonds is 1. The Morgan fingerprint density at radius 2 is 1.88 bits per heavy atom. The number of benzene rings is 1. The van der Waals surface area contributed by atoms with Crippen molar-refractivity contribution in [2.75, 3.05) is 5.32 Å². The van der Waals surface area contributed by atoms with Gasteiger partial charge in [-0.1, -0.05) is 26.8 Å². The van der Waals surface area contributed by atoms with E-state index in [4.69, 9.17) is 0 Å². The van der Waals surface area contributed by atoms with Gasteiger partial charge in [-0.25, -0.2) is 0 Å². The molecule has 1 aliphatic carbocycles. The van der Waals surface area contributed by atoms with Gasteiger partial charge in [0.25, 0.3) is 0 Å². The van der Waals surface area contributed by atoms with Crippen LogP contribution in [0.3, 0.4) is 0 Å². The first-order valence-corrected chi connectivity index (χ1v) is 6.25. The molecule has 1 aromatic carbocycles. The number of carbonyl (C=O) groups is 1. The molecule has 0 heterocycles. The molecule has 1 N–H and O–H groups in total. The zero-order chi connectivity index (χ0) is 12.6. The molecule has 17 heavy (non-hydrogen) atoms. The summed E-state index contributed by atoms with van der Waals surface area (Å²) >= 11 is 0. The number of anilines is 1. The van der Waals surface area contributed by atoms with Crippen molar-refractivity contribution in [2.45, 2.75) is 40.5 Å². The molecule has 0 spiro atoms. The van der Waals surface area contributed by atoms with E-state index in [1.54, 1.807) is 6.92 Å². The predicted molar refractivity (Wildman–Crippen MR) is 71.1 cm³/mol. The summed E-state index contributed by atoms with van der Waals surface area (Å²) < 4.78 is 0. The first kappa shape index (κ1) is 12.2. The smallest absolute Gasteiger partial charge is 0.221 e. The first-order valence-electron chi connectivity index (χ1n) is 6.25. The van der Waals surface area contributed by atoms with Crippen LogP contribution in [0.2, 0.25) is 0 Å². The van der Waals surface area contributed by atoms with Crippen LogP contribution in [0.25, 0.3) is 0 Å². The third-order valence-corrected chi connectivity index (χ3v) is 3.68. The molecule has 2 nitrogen and oxygen atoms in total. The lowest BCUT2D eigenvalue weighted by atomic mass is 9.79. The molecule has 0 aromatic heterocycles. The number of nitrogens with one attached hydrogen (secondary N) is 1. The Morgan fingerprint density at radius 1 is 1.24 bits per heavy atom. The maximum Gasteiger partial charge on any atom is 0.221 e.